The zero-order valence-corrected chi connectivity index (χ0v) is 24.4. The Hall–Kier alpha value is -3.65. The van der Waals surface area contributed by atoms with Crippen molar-refractivity contribution in [3.05, 3.63) is 65.9 Å². The van der Waals surface area contributed by atoms with Gasteiger partial charge in [-0.05, 0) is 92.6 Å². The first-order valence-corrected chi connectivity index (χ1v) is 14.9. The molecular weight excluding hydrogens is 514 g/mol. The van der Waals surface area contributed by atoms with Gasteiger partial charge in [-0.25, -0.2) is 0 Å². The van der Waals surface area contributed by atoms with Crippen molar-refractivity contribution in [1.29, 1.82) is 0 Å². The quantitative estimate of drug-likeness (QED) is 0.447. The third-order valence-corrected chi connectivity index (χ3v) is 9.42. The highest BCUT2D eigenvalue weighted by molar-refractivity contribution is 5.88. The predicted octanol–water partition coefficient (Wildman–Crippen LogP) is 4.55. The maximum Gasteiger partial charge on any atom is 0.318 e. The summed E-state index contributed by atoms with van der Waals surface area (Å²) in [6, 6.07) is 13.0. The van der Waals surface area contributed by atoms with Crippen LogP contribution >= 0.6 is 0 Å². The van der Waals surface area contributed by atoms with Gasteiger partial charge in [0.15, 0.2) is 0 Å². The fourth-order valence-electron chi connectivity index (χ4n) is 7.06. The molecule has 8 heteroatoms. The molecule has 0 spiro atoms. The number of nitrogens with zero attached hydrogens (tertiary/aromatic N) is 5. The molecule has 2 aliphatic heterocycles. The van der Waals surface area contributed by atoms with Crippen LogP contribution in [0.3, 0.4) is 0 Å². The number of carbonyl (C=O) groups excluding carboxylic acids is 1. The highest BCUT2D eigenvalue weighted by Crippen LogP contribution is 2.43. The van der Waals surface area contributed by atoms with Crippen LogP contribution in [0.1, 0.15) is 49.4 Å². The SMILES string of the molecule is C=CC(=O)N1CCN(c2nc(OCC3CCCN3C)nc3c2C[C@@H](C)[C@H](c2cc(O)cc4ccccc24)C3)C(C)C1. The Morgan fingerprint density at radius 3 is 2.73 bits per heavy atom. The van der Waals surface area contributed by atoms with Crippen LogP contribution in [-0.2, 0) is 17.6 Å². The standard InChI is InChI=1S/C33H41N5O3/c1-5-31(40)37-13-14-38(22(3)19-37)32-29-15-21(2)27(28-17-25(39)16-23-9-6-7-11-26(23)28)18-30(29)34-33(35-32)41-20-24-10-8-12-36(24)4/h5-7,9,11,16-17,21-22,24,27,39H,1,8,10,12-15,18-20H2,2-4H3/t21-,22?,24?,27-/m1/s1. The number of rotatable bonds is 6. The second-order valence-corrected chi connectivity index (χ2v) is 12.1. The van der Waals surface area contributed by atoms with Crippen molar-refractivity contribution >= 4 is 22.5 Å². The van der Waals surface area contributed by atoms with Crippen molar-refractivity contribution in [2.24, 2.45) is 5.92 Å². The molecule has 3 aliphatic rings. The van der Waals surface area contributed by atoms with Crippen LogP contribution in [0.5, 0.6) is 11.8 Å². The molecule has 2 fully saturated rings. The minimum Gasteiger partial charge on any atom is -0.508 e. The molecule has 8 nitrogen and oxygen atoms in total. The lowest BCUT2D eigenvalue weighted by Gasteiger charge is -2.42. The molecule has 4 atom stereocenters. The third-order valence-electron chi connectivity index (χ3n) is 9.42. The number of phenolic OH excluding ortho intramolecular Hbond substituents is 1. The average Bonchev–Trinajstić information content (AvgIpc) is 3.39. The molecule has 6 rings (SSSR count). The van der Waals surface area contributed by atoms with Gasteiger partial charge in [-0.3, -0.25) is 4.79 Å². The Balaban J connectivity index is 1.36. The number of carbonyl (C=O) groups is 1. The van der Waals surface area contributed by atoms with Crippen LogP contribution in [-0.4, -0.2) is 82.7 Å². The fourth-order valence-corrected chi connectivity index (χ4v) is 7.06. The number of likely N-dealkylation sites (tertiary alicyclic amines) is 1. The van der Waals surface area contributed by atoms with Gasteiger partial charge in [0.1, 0.15) is 18.2 Å². The normalized spacial score (nSPS) is 24.9. The summed E-state index contributed by atoms with van der Waals surface area (Å²) in [5.41, 5.74) is 3.37. The largest absolute Gasteiger partial charge is 0.508 e. The molecule has 2 unspecified atom stereocenters. The van der Waals surface area contributed by atoms with Crippen LogP contribution in [0.4, 0.5) is 5.82 Å². The average molecular weight is 556 g/mol. The van der Waals surface area contributed by atoms with Crippen LogP contribution in [0, 0.1) is 5.92 Å². The molecule has 3 heterocycles. The second kappa shape index (κ2) is 11.3. The Morgan fingerprint density at radius 1 is 1.15 bits per heavy atom. The zero-order chi connectivity index (χ0) is 28.7. The molecule has 0 radical (unpaired) electrons. The Kier molecular flexibility index (Phi) is 7.60. The van der Waals surface area contributed by atoms with E-state index < -0.39 is 0 Å². The van der Waals surface area contributed by atoms with E-state index in [0.717, 1.165) is 42.7 Å². The van der Waals surface area contributed by atoms with Crippen molar-refractivity contribution in [2.45, 2.75) is 57.5 Å². The van der Waals surface area contributed by atoms with E-state index in [1.807, 2.05) is 23.1 Å². The van der Waals surface area contributed by atoms with E-state index in [2.05, 4.69) is 55.5 Å². The number of likely N-dealkylation sites (N-methyl/N-ethyl adjacent to an activating group) is 1. The summed E-state index contributed by atoms with van der Waals surface area (Å²) < 4.78 is 6.32. The minimum absolute atomic E-state index is 0.0271. The lowest BCUT2D eigenvalue weighted by atomic mass is 9.74. The third kappa shape index (κ3) is 5.37. The Bertz CT molecular complexity index is 1460. The molecule has 2 aromatic carbocycles. The molecule has 1 N–H and O–H groups in total. The number of fused-ring (bicyclic) bond motifs is 2. The summed E-state index contributed by atoms with van der Waals surface area (Å²) in [5, 5.41) is 12.8. The van der Waals surface area contributed by atoms with E-state index in [1.54, 1.807) is 0 Å². The van der Waals surface area contributed by atoms with Gasteiger partial charge in [-0.1, -0.05) is 37.8 Å². The van der Waals surface area contributed by atoms with Gasteiger partial charge < -0.3 is 24.5 Å². The molecule has 216 valence electrons. The predicted molar refractivity (Wildman–Crippen MR) is 162 cm³/mol. The first-order chi connectivity index (χ1) is 19.8. The number of aromatic nitrogens is 2. The lowest BCUT2D eigenvalue weighted by molar-refractivity contribution is -0.126. The number of amides is 1. The van der Waals surface area contributed by atoms with Gasteiger partial charge in [0, 0.05) is 37.3 Å². The van der Waals surface area contributed by atoms with Crippen LogP contribution in [0.2, 0.25) is 0 Å². The summed E-state index contributed by atoms with van der Waals surface area (Å²) in [6.07, 6.45) is 5.29. The monoisotopic (exact) mass is 555 g/mol. The van der Waals surface area contributed by atoms with Crippen molar-refractivity contribution in [3.63, 3.8) is 0 Å². The molecule has 3 aromatic rings. The Morgan fingerprint density at radius 2 is 1.98 bits per heavy atom. The fraction of sp³-hybridized carbons (Fsp3) is 0.485. The number of benzene rings is 2. The van der Waals surface area contributed by atoms with Crippen molar-refractivity contribution in [1.82, 2.24) is 19.8 Å². The maximum absolute atomic E-state index is 12.3. The molecule has 1 aromatic heterocycles. The number of piperazine rings is 1. The summed E-state index contributed by atoms with van der Waals surface area (Å²) >= 11 is 0. The van der Waals surface area contributed by atoms with Crippen molar-refractivity contribution in [3.8, 4) is 11.8 Å². The van der Waals surface area contributed by atoms with Gasteiger partial charge in [0.25, 0.3) is 0 Å². The smallest absolute Gasteiger partial charge is 0.318 e. The van der Waals surface area contributed by atoms with Gasteiger partial charge in [0.2, 0.25) is 5.91 Å². The summed E-state index contributed by atoms with van der Waals surface area (Å²) in [7, 11) is 2.15. The number of ether oxygens (including phenoxy) is 1. The molecule has 1 amide bonds. The molecular formula is C33H41N5O3. The van der Waals surface area contributed by atoms with Gasteiger partial charge in [0.05, 0.1) is 5.69 Å². The van der Waals surface area contributed by atoms with E-state index in [4.69, 9.17) is 14.7 Å². The highest BCUT2D eigenvalue weighted by Gasteiger charge is 2.36. The summed E-state index contributed by atoms with van der Waals surface area (Å²) in [6.45, 7) is 11.7. The van der Waals surface area contributed by atoms with Gasteiger partial charge >= 0.3 is 6.01 Å². The first-order valence-electron chi connectivity index (χ1n) is 14.9. The van der Waals surface area contributed by atoms with Crippen LogP contribution < -0.4 is 9.64 Å². The number of hydrogen-bond acceptors (Lipinski definition) is 7. The van der Waals surface area contributed by atoms with Crippen LogP contribution in [0.25, 0.3) is 10.8 Å². The number of hydrogen-bond donors (Lipinski definition) is 1. The number of phenols is 1. The van der Waals surface area contributed by atoms with E-state index in [0.29, 0.717) is 50.0 Å². The van der Waals surface area contributed by atoms with Crippen molar-refractivity contribution < 1.29 is 14.6 Å². The lowest BCUT2D eigenvalue weighted by Crippen LogP contribution is -2.54. The number of anilines is 1. The van der Waals surface area contributed by atoms with E-state index in [1.165, 1.54) is 29.0 Å². The van der Waals surface area contributed by atoms with Gasteiger partial charge in [-0.2, -0.15) is 9.97 Å². The topological polar surface area (TPSA) is 82.0 Å². The molecule has 1 aliphatic carbocycles. The van der Waals surface area contributed by atoms with E-state index >= 15 is 0 Å². The van der Waals surface area contributed by atoms with Crippen LogP contribution in [0.15, 0.2) is 49.1 Å². The second-order valence-electron chi connectivity index (χ2n) is 12.1. The molecule has 41 heavy (non-hydrogen) atoms. The molecule has 0 bridgehead atoms. The summed E-state index contributed by atoms with van der Waals surface area (Å²) in [5.74, 6) is 1.74. The maximum atomic E-state index is 12.3. The van der Waals surface area contributed by atoms with E-state index in [9.17, 15) is 9.90 Å². The van der Waals surface area contributed by atoms with Crippen molar-refractivity contribution in [2.75, 3.05) is 44.7 Å². The summed E-state index contributed by atoms with van der Waals surface area (Å²) in [4.78, 5) is 28.9. The molecule has 0 saturated carbocycles. The first kappa shape index (κ1) is 27.5. The zero-order valence-electron chi connectivity index (χ0n) is 24.4. The Labute approximate surface area is 242 Å². The molecule has 2 saturated heterocycles. The minimum atomic E-state index is -0.0271. The number of aromatic hydroxyl groups is 1. The highest BCUT2D eigenvalue weighted by atomic mass is 16.5. The van der Waals surface area contributed by atoms with Gasteiger partial charge in [-0.15, -0.1) is 0 Å². The van der Waals surface area contributed by atoms with E-state index in [-0.39, 0.29) is 17.9 Å².